The van der Waals surface area contributed by atoms with Crippen molar-refractivity contribution in [2.75, 3.05) is 49.7 Å². The van der Waals surface area contributed by atoms with E-state index in [2.05, 4.69) is 28.4 Å². The van der Waals surface area contributed by atoms with Crippen molar-refractivity contribution in [3.05, 3.63) is 58.9 Å². The number of para-hydroxylation sites is 1. The Morgan fingerprint density at radius 1 is 1.03 bits per heavy atom. The van der Waals surface area contributed by atoms with Gasteiger partial charge in [0.15, 0.2) is 6.10 Å². The Bertz CT molecular complexity index is 1340. The van der Waals surface area contributed by atoms with Crippen LogP contribution in [0.1, 0.15) is 41.6 Å². The Labute approximate surface area is 244 Å². The number of hydrogen-bond donors (Lipinski definition) is 1. The maximum absolute atomic E-state index is 11.4. The number of benzene rings is 2. The Morgan fingerprint density at radius 3 is 2.53 bits per heavy atom. The molecular weight excluding hydrogens is 495 g/mol. The van der Waals surface area contributed by atoms with Crippen LogP contribution in [0.3, 0.4) is 0 Å². The van der Waals surface area contributed by atoms with Gasteiger partial charge in [0, 0.05) is 54.0 Å². The van der Waals surface area contributed by atoms with Gasteiger partial charge in [-0.05, 0) is 26.0 Å². The predicted molar refractivity (Wildman–Crippen MR) is 145 cm³/mol. The van der Waals surface area contributed by atoms with Gasteiger partial charge >= 0.3 is 35.5 Å². The van der Waals surface area contributed by atoms with Gasteiger partial charge in [-0.2, -0.15) is 0 Å². The van der Waals surface area contributed by atoms with E-state index >= 15 is 0 Å². The van der Waals surface area contributed by atoms with Crippen LogP contribution < -0.4 is 19.7 Å². The number of carbonyl (C=O) groups excluding carboxylic acids is 1. The first-order chi connectivity index (χ1) is 18.0. The second kappa shape index (κ2) is 11.1. The number of anilines is 2. The molecular formula is C28H31N4NaO5. The average Bonchev–Trinajstić information content (AvgIpc) is 3.48. The van der Waals surface area contributed by atoms with Gasteiger partial charge in [0.1, 0.15) is 24.7 Å². The fourth-order valence-electron chi connectivity index (χ4n) is 5.33. The van der Waals surface area contributed by atoms with Crippen molar-refractivity contribution in [2.45, 2.75) is 32.9 Å². The van der Waals surface area contributed by atoms with Gasteiger partial charge in [-0.1, -0.05) is 18.2 Å². The minimum atomic E-state index is -0.358. The molecule has 38 heavy (non-hydrogen) atoms. The molecule has 0 bridgehead atoms. The normalized spacial score (nSPS) is 19.5. The molecule has 0 unspecified atom stereocenters. The fraction of sp³-hybridized carbons (Fsp3) is 0.393. The monoisotopic (exact) mass is 526 g/mol. The number of fused-ring (bicyclic) bond motifs is 2. The van der Waals surface area contributed by atoms with Crippen molar-refractivity contribution in [1.29, 1.82) is 0 Å². The zero-order chi connectivity index (χ0) is 25.5. The van der Waals surface area contributed by atoms with E-state index in [1.807, 2.05) is 32.0 Å². The molecule has 3 aromatic rings. The maximum atomic E-state index is 11.4. The van der Waals surface area contributed by atoms with E-state index in [1.165, 1.54) is 6.92 Å². The Balaban J connectivity index is 0.00000294. The van der Waals surface area contributed by atoms with Gasteiger partial charge in [0.05, 0.1) is 30.6 Å². The topological polar surface area (TPSA) is 95.0 Å². The third kappa shape index (κ3) is 5.08. The second-order valence-corrected chi connectivity index (χ2v) is 9.56. The summed E-state index contributed by atoms with van der Waals surface area (Å²) in [5, 5.41) is 3.58. The zero-order valence-electron chi connectivity index (χ0n) is 21.2. The summed E-state index contributed by atoms with van der Waals surface area (Å²) in [7, 11) is 0. The molecule has 9 nitrogen and oxygen atoms in total. The molecule has 3 aliphatic heterocycles. The third-order valence-corrected chi connectivity index (χ3v) is 7.04. The standard InChI is InChI=1S/C28H30N4O5.Na.H/c1-16-26(17(2)30-28(29-16)32-9-11-34-12-10-32)22-6-4-5-20-23(14-36-27(20)22)31-19-7-8-21-24(13-19)35-15-25(21)37-18(3)33;;/h4-8,13,23,25,31H,9-12,14-15H2,1-3H3;;/t23-,25-;;/m1../s1. The predicted octanol–water partition coefficient (Wildman–Crippen LogP) is 3.49. The van der Waals surface area contributed by atoms with Gasteiger partial charge in [-0.15, -0.1) is 0 Å². The Hall–Kier alpha value is -2.85. The summed E-state index contributed by atoms with van der Waals surface area (Å²) in [4.78, 5) is 23.2. The number of ether oxygens (including phenoxy) is 4. The van der Waals surface area contributed by atoms with Crippen molar-refractivity contribution in [2.24, 2.45) is 0 Å². The molecule has 0 aliphatic carbocycles. The number of rotatable bonds is 5. The fourth-order valence-corrected chi connectivity index (χ4v) is 5.33. The summed E-state index contributed by atoms with van der Waals surface area (Å²) in [5.41, 5.74) is 6.77. The van der Waals surface area contributed by atoms with Crippen LogP contribution >= 0.6 is 0 Å². The number of morpholine rings is 1. The van der Waals surface area contributed by atoms with E-state index in [-0.39, 0.29) is 47.7 Å². The number of aromatic nitrogens is 2. The Morgan fingerprint density at radius 2 is 1.79 bits per heavy atom. The second-order valence-electron chi connectivity index (χ2n) is 9.56. The molecule has 4 heterocycles. The molecule has 0 radical (unpaired) electrons. The summed E-state index contributed by atoms with van der Waals surface area (Å²) in [6.07, 6.45) is -0.358. The number of esters is 1. The molecule has 3 aliphatic rings. The van der Waals surface area contributed by atoms with E-state index < -0.39 is 0 Å². The van der Waals surface area contributed by atoms with Crippen LogP contribution in [0.25, 0.3) is 11.1 Å². The van der Waals surface area contributed by atoms with Gasteiger partial charge in [-0.25, -0.2) is 9.97 Å². The van der Waals surface area contributed by atoms with E-state index in [9.17, 15) is 4.79 Å². The first-order valence-electron chi connectivity index (χ1n) is 12.6. The van der Waals surface area contributed by atoms with Crippen LogP contribution in [0.5, 0.6) is 11.5 Å². The van der Waals surface area contributed by atoms with Crippen LogP contribution in [-0.4, -0.2) is 85.0 Å². The van der Waals surface area contributed by atoms with Gasteiger partial charge in [0.2, 0.25) is 5.95 Å². The number of aryl methyl sites for hydroxylation is 2. The van der Waals surface area contributed by atoms with E-state index in [4.69, 9.17) is 28.9 Å². The van der Waals surface area contributed by atoms with Gasteiger partial charge in [0.25, 0.3) is 0 Å². The zero-order valence-corrected chi connectivity index (χ0v) is 21.2. The molecule has 6 rings (SSSR count). The molecule has 1 aromatic heterocycles. The average molecular weight is 527 g/mol. The van der Waals surface area contributed by atoms with Crippen LogP contribution in [0.4, 0.5) is 11.6 Å². The molecule has 194 valence electrons. The molecule has 1 N–H and O–H groups in total. The van der Waals surface area contributed by atoms with Crippen molar-refractivity contribution in [3.63, 3.8) is 0 Å². The van der Waals surface area contributed by atoms with Gasteiger partial charge in [-0.3, -0.25) is 4.79 Å². The summed E-state index contributed by atoms with van der Waals surface area (Å²) in [5.74, 6) is 2.03. The number of hydrogen-bond acceptors (Lipinski definition) is 9. The quantitative estimate of drug-likeness (QED) is 0.396. The van der Waals surface area contributed by atoms with Gasteiger partial charge < -0.3 is 29.2 Å². The van der Waals surface area contributed by atoms with Crippen LogP contribution in [-0.2, 0) is 14.3 Å². The first kappa shape index (κ1) is 26.7. The van der Waals surface area contributed by atoms with Crippen LogP contribution in [0.2, 0.25) is 0 Å². The summed E-state index contributed by atoms with van der Waals surface area (Å²) in [6, 6.07) is 12.1. The summed E-state index contributed by atoms with van der Waals surface area (Å²) in [6.45, 7) is 9.31. The molecule has 0 amide bonds. The molecule has 1 fully saturated rings. The summed E-state index contributed by atoms with van der Waals surface area (Å²) >= 11 is 0. The van der Waals surface area contributed by atoms with Crippen molar-refractivity contribution in [1.82, 2.24) is 9.97 Å². The molecule has 1 saturated heterocycles. The first-order valence-corrected chi connectivity index (χ1v) is 12.6. The van der Waals surface area contributed by atoms with Crippen molar-refractivity contribution in [3.8, 4) is 22.6 Å². The molecule has 10 heteroatoms. The number of carbonyl (C=O) groups is 1. The number of nitrogens with one attached hydrogen (secondary N) is 1. The number of nitrogens with zero attached hydrogens (tertiary/aromatic N) is 3. The third-order valence-electron chi connectivity index (χ3n) is 7.04. The van der Waals surface area contributed by atoms with Crippen molar-refractivity contribution < 1.29 is 23.7 Å². The minimum absolute atomic E-state index is 0. The molecule has 0 saturated carbocycles. The summed E-state index contributed by atoms with van der Waals surface area (Å²) < 4.78 is 22.8. The SMILES string of the molecule is CC(=O)O[C@@H]1COc2cc(N[C@@H]3COc4c(-c5c(C)nc(N6CCOCC6)nc5C)cccc43)ccc21.[NaH]. The van der Waals surface area contributed by atoms with E-state index in [0.29, 0.717) is 26.4 Å². The van der Waals surface area contributed by atoms with Crippen LogP contribution in [0.15, 0.2) is 36.4 Å². The van der Waals surface area contributed by atoms with E-state index in [0.717, 1.165) is 69.9 Å². The van der Waals surface area contributed by atoms with Crippen LogP contribution in [0, 0.1) is 13.8 Å². The molecule has 2 atom stereocenters. The molecule has 0 spiro atoms. The van der Waals surface area contributed by atoms with E-state index in [1.54, 1.807) is 0 Å². The molecule has 2 aromatic carbocycles. The Kier molecular flexibility index (Phi) is 7.81. The van der Waals surface area contributed by atoms with Crippen molar-refractivity contribution >= 4 is 47.2 Å².